The number of hydrogen-bond donors (Lipinski definition) is 5. The second-order valence-electron chi connectivity index (χ2n) is 14.7. The average molecular weight is 698 g/mol. The van der Waals surface area contributed by atoms with E-state index in [1.807, 2.05) is 0 Å². The summed E-state index contributed by atoms with van der Waals surface area (Å²) in [6.45, 7) is 4.14. The van der Waals surface area contributed by atoms with Crippen LogP contribution in [0, 0.1) is 0 Å². The maximum Gasteiger partial charge on any atom is 0.234 e. The van der Waals surface area contributed by atoms with Gasteiger partial charge in [-0.25, -0.2) is 0 Å². The summed E-state index contributed by atoms with van der Waals surface area (Å²) in [5.41, 5.74) is 5.54. The number of unbranched alkanes of at least 4 members (excludes halogenated alkanes) is 25. The lowest BCUT2D eigenvalue weighted by molar-refractivity contribution is -0.231. The molecule has 0 aromatic heterocycles. The van der Waals surface area contributed by atoms with Crippen LogP contribution in [0.25, 0.3) is 0 Å². The van der Waals surface area contributed by atoms with Crippen LogP contribution in [0.2, 0.25) is 0 Å². The number of ether oxygens (including phenoxy) is 1. The van der Waals surface area contributed by atoms with Gasteiger partial charge in [0.25, 0.3) is 0 Å². The standard InChI is InChI=1S/C40H79N3O6/c1-3-5-7-9-11-13-15-16-17-18-19-21-23-25-27-29-31-43(36(46)30-28-26-24-22-20-14-12-10-8-6-4-2)40-37(42-35(45)32-41)39(48)38(47)34(33-44)49-40/h34,37-40,44,47-48H,3-33,41H2,1-2H3,(H,42,45)/t34-,37-,38+,39-,40-/m1/s1. The molecule has 5 atom stereocenters. The summed E-state index contributed by atoms with van der Waals surface area (Å²) in [4.78, 5) is 27.6. The topological polar surface area (TPSA) is 145 Å². The van der Waals surface area contributed by atoms with Gasteiger partial charge in [-0.2, -0.15) is 0 Å². The van der Waals surface area contributed by atoms with E-state index in [0.29, 0.717) is 13.0 Å². The minimum Gasteiger partial charge on any atom is -0.394 e. The largest absolute Gasteiger partial charge is 0.394 e. The van der Waals surface area contributed by atoms with E-state index in [1.54, 1.807) is 4.90 Å². The molecule has 1 aliphatic heterocycles. The molecule has 0 aromatic carbocycles. The molecule has 2 amide bonds. The predicted molar refractivity (Wildman–Crippen MR) is 201 cm³/mol. The van der Waals surface area contributed by atoms with Crippen LogP contribution in [-0.2, 0) is 14.3 Å². The van der Waals surface area contributed by atoms with Crippen LogP contribution in [0.1, 0.15) is 194 Å². The van der Waals surface area contributed by atoms with E-state index in [4.69, 9.17) is 10.5 Å². The molecule has 9 nitrogen and oxygen atoms in total. The maximum absolute atomic E-state index is 13.7. The van der Waals surface area contributed by atoms with E-state index in [9.17, 15) is 24.9 Å². The zero-order valence-electron chi connectivity index (χ0n) is 31.9. The fraction of sp³-hybridized carbons (Fsp3) is 0.950. The molecule has 1 heterocycles. The molecule has 0 radical (unpaired) electrons. The molecule has 1 aliphatic rings. The molecule has 0 spiro atoms. The van der Waals surface area contributed by atoms with Crippen LogP contribution >= 0.6 is 0 Å². The van der Waals surface area contributed by atoms with Crippen molar-refractivity contribution in [3.05, 3.63) is 0 Å². The SMILES string of the molecule is CCCCCCCCCCCCCCCCCCN(C(=O)CCCCCCCCCCCCC)[C@@H]1O[C@H](CO)[C@H](O)[C@H](O)[C@H]1NC(=O)CN. The van der Waals surface area contributed by atoms with Gasteiger partial charge in [-0.3, -0.25) is 9.59 Å². The molecule has 1 saturated heterocycles. The number of hydrogen-bond acceptors (Lipinski definition) is 7. The van der Waals surface area contributed by atoms with Crippen molar-refractivity contribution < 1.29 is 29.6 Å². The van der Waals surface area contributed by atoms with Gasteiger partial charge in [0.1, 0.15) is 24.4 Å². The van der Waals surface area contributed by atoms with E-state index >= 15 is 0 Å². The second-order valence-corrected chi connectivity index (χ2v) is 14.7. The Balaban J connectivity index is 2.54. The molecular formula is C40H79N3O6. The van der Waals surface area contributed by atoms with Crippen molar-refractivity contribution in [2.45, 2.75) is 224 Å². The van der Waals surface area contributed by atoms with Crippen molar-refractivity contribution in [2.75, 3.05) is 19.7 Å². The number of nitrogens with two attached hydrogens (primary N) is 1. The first-order valence-corrected chi connectivity index (χ1v) is 20.8. The highest BCUT2D eigenvalue weighted by Gasteiger charge is 2.48. The average Bonchev–Trinajstić information content (AvgIpc) is 3.10. The molecule has 1 rings (SSSR count). The van der Waals surface area contributed by atoms with Gasteiger partial charge in [0.2, 0.25) is 11.8 Å². The van der Waals surface area contributed by atoms with E-state index in [-0.39, 0.29) is 12.5 Å². The molecule has 49 heavy (non-hydrogen) atoms. The van der Waals surface area contributed by atoms with Crippen LogP contribution in [0.4, 0.5) is 0 Å². The van der Waals surface area contributed by atoms with Crippen molar-refractivity contribution >= 4 is 11.8 Å². The monoisotopic (exact) mass is 698 g/mol. The lowest BCUT2D eigenvalue weighted by atomic mass is 9.94. The van der Waals surface area contributed by atoms with Gasteiger partial charge in [0, 0.05) is 13.0 Å². The van der Waals surface area contributed by atoms with E-state index in [2.05, 4.69) is 19.2 Å². The highest BCUT2D eigenvalue weighted by Crippen LogP contribution is 2.26. The zero-order chi connectivity index (χ0) is 36.0. The van der Waals surface area contributed by atoms with Gasteiger partial charge in [0.15, 0.2) is 6.23 Å². The molecule has 0 saturated carbocycles. The number of rotatable bonds is 33. The zero-order valence-corrected chi connectivity index (χ0v) is 31.9. The van der Waals surface area contributed by atoms with Crippen LogP contribution in [-0.4, -0.2) is 82.3 Å². The number of amides is 2. The highest BCUT2D eigenvalue weighted by molar-refractivity contribution is 5.79. The van der Waals surface area contributed by atoms with Gasteiger partial charge in [-0.15, -0.1) is 0 Å². The molecule has 6 N–H and O–H groups in total. The van der Waals surface area contributed by atoms with E-state index in [0.717, 1.165) is 38.5 Å². The van der Waals surface area contributed by atoms with Crippen molar-refractivity contribution in [3.8, 4) is 0 Å². The van der Waals surface area contributed by atoms with Crippen molar-refractivity contribution in [1.82, 2.24) is 10.2 Å². The van der Waals surface area contributed by atoms with Gasteiger partial charge in [0.05, 0.1) is 13.2 Å². The number of nitrogens with zero attached hydrogens (tertiary/aromatic N) is 1. The van der Waals surface area contributed by atoms with E-state index < -0.39 is 43.1 Å². The summed E-state index contributed by atoms with van der Waals surface area (Å²) in [5.74, 6) is -0.596. The minimum absolute atomic E-state index is 0.0887. The van der Waals surface area contributed by atoms with Crippen molar-refractivity contribution in [2.24, 2.45) is 5.73 Å². The van der Waals surface area contributed by atoms with Gasteiger partial charge in [-0.1, -0.05) is 174 Å². The number of nitrogens with one attached hydrogen (secondary N) is 1. The van der Waals surface area contributed by atoms with Crippen molar-refractivity contribution in [3.63, 3.8) is 0 Å². The first-order chi connectivity index (χ1) is 23.9. The summed E-state index contributed by atoms with van der Waals surface area (Å²) >= 11 is 0. The quantitative estimate of drug-likeness (QED) is 0.0443. The van der Waals surface area contributed by atoms with Gasteiger partial charge in [-0.05, 0) is 12.8 Å². The van der Waals surface area contributed by atoms with Gasteiger partial charge < -0.3 is 36.0 Å². The Hall–Kier alpha value is -1.26. The Morgan fingerprint density at radius 3 is 1.39 bits per heavy atom. The Morgan fingerprint density at radius 1 is 0.612 bits per heavy atom. The van der Waals surface area contributed by atoms with Crippen LogP contribution in [0.3, 0.4) is 0 Å². The number of aliphatic hydroxyl groups excluding tert-OH is 3. The smallest absolute Gasteiger partial charge is 0.234 e. The van der Waals surface area contributed by atoms with Crippen LogP contribution in [0.5, 0.6) is 0 Å². The number of carbonyl (C=O) groups is 2. The van der Waals surface area contributed by atoms with Crippen LogP contribution < -0.4 is 11.1 Å². The molecule has 9 heteroatoms. The maximum atomic E-state index is 13.7. The van der Waals surface area contributed by atoms with E-state index in [1.165, 1.54) is 135 Å². The van der Waals surface area contributed by atoms with Crippen LogP contribution in [0.15, 0.2) is 0 Å². The fourth-order valence-electron chi connectivity index (χ4n) is 7.07. The Kier molecular flexibility index (Phi) is 29.4. The fourth-order valence-corrected chi connectivity index (χ4v) is 7.07. The third-order valence-corrected chi connectivity index (χ3v) is 10.3. The van der Waals surface area contributed by atoms with Crippen molar-refractivity contribution in [1.29, 1.82) is 0 Å². The molecule has 0 aliphatic carbocycles. The van der Waals surface area contributed by atoms with Gasteiger partial charge >= 0.3 is 0 Å². The Bertz CT molecular complexity index is 787. The molecule has 0 bridgehead atoms. The second kappa shape index (κ2) is 31.5. The summed E-state index contributed by atoms with van der Waals surface area (Å²) in [7, 11) is 0. The Morgan fingerprint density at radius 2 is 1.00 bits per heavy atom. The summed E-state index contributed by atoms with van der Waals surface area (Å²) in [5, 5.41) is 34.0. The molecule has 1 fully saturated rings. The molecule has 0 unspecified atom stereocenters. The minimum atomic E-state index is -1.41. The third-order valence-electron chi connectivity index (χ3n) is 10.3. The molecule has 290 valence electrons. The summed E-state index contributed by atoms with van der Waals surface area (Å²) in [6.07, 6.45) is 28.8. The normalized spacial score (nSPS) is 20.8. The lowest BCUT2D eigenvalue weighted by Crippen LogP contribution is -2.69. The summed E-state index contributed by atoms with van der Waals surface area (Å²) < 4.78 is 6.04. The number of aliphatic hydroxyl groups is 3. The third kappa shape index (κ3) is 21.6. The molecule has 0 aromatic rings. The lowest BCUT2D eigenvalue weighted by Gasteiger charge is -2.46. The number of carbonyl (C=O) groups excluding carboxylic acids is 2. The highest BCUT2D eigenvalue weighted by atomic mass is 16.5. The first-order valence-electron chi connectivity index (χ1n) is 20.8. The first kappa shape index (κ1) is 45.8. The summed E-state index contributed by atoms with van der Waals surface area (Å²) in [6, 6.07) is -1.05. The Labute approximate surface area is 300 Å². The predicted octanol–water partition coefficient (Wildman–Crippen LogP) is 7.66. The molecular weight excluding hydrogens is 618 g/mol.